The van der Waals surface area contributed by atoms with Crippen LogP contribution in [0.15, 0.2) is 27.5 Å². The lowest BCUT2D eigenvalue weighted by atomic mass is 10.3. The second-order valence-electron chi connectivity index (χ2n) is 3.60. The van der Waals surface area contributed by atoms with Gasteiger partial charge in [-0.25, -0.2) is 4.39 Å². The fourth-order valence-corrected chi connectivity index (χ4v) is 1.93. The molecule has 0 spiro atoms. The van der Waals surface area contributed by atoms with Crippen LogP contribution in [0.4, 0.5) is 10.1 Å². The Morgan fingerprint density at radius 2 is 2.27 bits per heavy atom. The third-order valence-electron chi connectivity index (χ3n) is 1.86. The molecule has 0 fully saturated rings. The van der Waals surface area contributed by atoms with Crippen LogP contribution >= 0.6 is 11.9 Å². The summed E-state index contributed by atoms with van der Waals surface area (Å²) >= 11 is 1.28. The van der Waals surface area contributed by atoms with Crippen LogP contribution in [0.5, 0.6) is 0 Å². The molecular formula is C10H12FN3S. The Bertz CT molecular complexity index is 404. The van der Waals surface area contributed by atoms with E-state index >= 15 is 0 Å². The van der Waals surface area contributed by atoms with Crippen LogP contribution in [0, 0.1) is 5.82 Å². The second-order valence-corrected chi connectivity index (χ2v) is 4.40. The van der Waals surface area contributed by atoms with Gasteiger partial charge in [0.05, 0.1) is 10.6 Å². The normalized spacial score (nSPS) is 14.3. The summed E-state index contributed by atoms with van der Waals surface area (Å²) in [6, 6.07) is 4.95. The zero-order chi connectivity index (χ0) is 10.8. The monoisotopic (exact) mass is 225 g/mol. The third-order valence-corrected chi connectivity index (χ3v) is 2.67. The fourth-order valence-electron chi connectivity index (χ4n) is 1.26. The largest absolute Gasteiger partial charge is 0.353 e. The Balaban J connectivity index is 2.16. The molecule has 0 unspecified atom stereocenters. The van der Waals surface area contributed by atoms with E-state index < -0.39 is 0 Å². The van der Waals surface area contributed by atoms with Crippen molar-refractivity contribution in [2.45, 2.75) is 24.8 Å². The van der Waals surface area contributed by atoms with Crippen LogP contribution in [0.2, 0.25) is 0 Å². The van der Waals surface area contributed by atoms with Gasteiger partial charge in [-0.05, 0) is 32.0 Å². The molecule has 1 aromatic rings. The first-order chi connectivity index (χ1) is 7.15. The lowest BCUT2D eigenvalue weighted by molar-refractivity contribution is 0.624. The molecule has 1 heterocycles. The summed E-state index contributed by atoms with van der Waals surface area (Å²) in [7, 11) is 0. The highest BCUT2D eigenvalue weighted by atomic mass is 32.2. The van der Waals surface area contributed by atoms with Crippen LogP contribution < -0.4 is 10.6 Å². The Morgan fingerprint density at radius 3 is 3.00 bits per heavy atom. The van der Waals surface area contributed by atoms with E-state index in [1.165, 1.54) is 24.1 Å². The number of nitrogens with one attached hydrogen (secondary N) is 2. The quantitative estimate of drug-likeness (QED) is 0.721. The van der Waals surface area contributed by atoms with Crippen molar-refractivity contribution >= 4 is 23.6 Å². The smallest absolute Gasteiger partial charge is 0.208 e. The van der Waals surface area contributed by atoms with Crippen LogP contribution in [-0.4, -0.2) is 12.0 Å². The van der Waals surface area contributed by atoms with Gasteiger partial charge >= 0.3 is 0 Å². The van der Waals surface area contributed by atoms with Gasteiger partial charge in [-0.1, -0.05) is 0 Å². The Kier molecular flexibility index (Phi) is 2.81. The minimum absolute atomic E-state index is 0.237. The van der Waals surface area contributed by atoms with Crippen molar-refractivity contribution in [2.24, 2.45) is 4.40 Å². The Labute approximate surface area is 92.3 Å². The minimum Gasteiger partial charge on any atom is -0.353 e. The summed E-state index contributed by atoms with van der Waals surface area (Å²) < 4.78 is 17.1. The molecule has 0 aliphatic carbocycles. The van der Waals surface area contributed by atoms with Crippen LogP contribution in [0.1, 0.15) is 13.8 Å². The number of halogens is 1. The van der Waals surface area contributed by atoms with Gasteiger partial charge in [-0.2, -0.15) is 4.40 Å². The van der Waals surface area contributed by atoms with Gasteiger partial charge in [0.25, 0.3) is 0 Å². The average Bonchev–Trinajstić information content (AvgIpc) is 2.17. The van der Waals surface area contributed by atoms with Crippen molar-refractivity contribution in [3.63, 3.8) is 0 Å². The van der Waals surface area contributed by atoms with Crippen molar-refractivity contribution in [3.05, 3.63) is 24.0 Å². The summed E-state index contributed by atoms with van der Waals surface area (Å²) in [5, 5.41) is 6.27. The molecule has 3 nitrogen and oxygen atoms in total. The van der Waals surface area contributed by atoms with Gasteiger partial charge < -0.3 is 10.6 Å². The lowest BCUT2D eigenvalue weighted by Gasteiger charge is -2.19. The molecule has 1 aromatic carbocycles. The first kappa shape index (κ1) is 10.3. The van der Waals surface area contributed by atoms with E-state index in [9.17, 15) is 4.39 Å². The SMILES string of the molecule is CC(C)NC1=NSc2cc(F)ccc2N1. The first-order valence-electron chi connectivity index (χ1n) is 4.73. The molecule has 0 amide bonds. The minimum atomic E-state index is -0.237. The molecule has 2 N–H and O–H groups in total. The molecule has 80 valence electrons. The lowest BCUT2D eigenvalue weighted by Crippen LogP contribution is -2.36. The Hall–Kier alpha value is -1.23. The van der Waals surface area contributed by atoms with Crippen molar-refractivity contribution < 1.29 is 4.39 Å². The van der Waals surface area contributed by atoms with Gasteiger partial charge in [0.1, 0.15) is 5.82 Å². The number of anilines is 1. The van der Waals surface area contributed by atoms with Gasteiger partial charge in [0.15, 0.2) is 0 Å². The number of fused-ring (bicyclic) bond motifs is 1. The van der Waals surface area contributed by atoms with Crippen molar-refractivity contribution in [1.82, 2.24) is 5.32 Å². The molecule has 2 rings (SSSR count). The topological polar surface area (TPSA) is 36.4 Å². The van der Waals surface area contributed by atoms with Gasteiger partial charge in [0.2, 0.25) is 5.96 Å². The van der Waals surface area contributed by atoms with Crippen molar-refractivity contribution in [1.29, 1.82) is 0 Å². The van der Waals surface area contributed by atoms with Crippen LogP contribution in [0.25, 0.3) is 0 Å². The average molecular weight is 225 g/mol. The van der Waals surface area contributed by atoms with Gasteiger partial charge in [-0.15, -0.1) is 0 Å². The first-order valence-corrected chi connectivity index (χ1v) is 5.50. The molecular weight excluding hydrogens is 213 g/mol. The maximum atomic E-state index is 12.9. The maximum Gasteiger partial charge on any atom is 0.208 e. The summed E-state index contributed by atoms with van der Waals surface area (Å²) in [4.78, 5) is 0.810. The molecule has 0 saturated heterocycles. The fraction of sp³-hybridized carbons (Fsp3) is 0.300. The van der Waals surface area contributed by atoms with Crippen LogP contribution in [0.3, 0.4) is 0 Å². The van der Waals surface area contributed by atoms with Gasteiger partial charge in [0, 0.05) is 18.0 Å². The molecule has 0 bridgehead atoms. The highest BCUT2D eigenvalue weighted by Crippen LogP contribution is 2.31. The number of guanidine groups is 1. The predicted octanol–water partition coefficient (Wildman–Crippen LogP) is 2.61. The standard InChI is InChI=1S/C10H12FN3S/c1-6(2)12-10-13-8-4-3-7(11)5-9(8)15-14-10/h3-6H,1-2H3,(H2,12,13,14). The van der Waals surface area contributed by atoms with E-state index in [0.29, 0.717) is 12.0 Å². The second kappa shape index (κ2) is 4.10. The molecule has 5 heteroatoms. The van der Waals surface area contributed by atoms with E-state index in [4.69, 9.17) is 0 Å². The molecule has 15 heavy (non-hydrogen) atoms. The summed E-state index contributed by atoms with van der Waals surface area (Å²) in [5.74, 6) is 0.479. The zero-order valence-electron chi connectivity index (χ0n) is 8.54. The Morgan fingerprint density at radius 1 is 1.47 bits per heavy atom. The highest BCUT2D eigenvalue weighted by molar-refractivity contribution is 7.98. The van der Waals surface area contributed by atoms with E-state index in [2.05, 4.69) is 15.0 Å². The van der Waals surface area contributed by atoms with Crippen molar-refractivity contribution in [2.75, 3.05) is 5.32 Å². The maximum absolute atomic E-state index is 12.9. The van der Waals surface area contributed by atoms with Crippen LogP contribution in [-0.2, 0) is 0 Å². The number of rotatable bonds is 1. The van der Waals surface area contributed by atoms with E-state index in [1.807, 2.05) is 13.8 Å². The summed E-state index contributed by atoms with van der Waals surface area (Å²) in [6.45, 7) is 4.07. The van der Waals surface area contributed by atoms with E-state index in [1.54, 1.807) is 6.07 Å². The number of nitrogens with zero attached hydrogens (tertiary/aromatic N) is 1. The molecule has 0 aromatic heterocycles. The van der Waals surface area contributed by atoms with Gasteiger partial charge in [-0.3, -0.25) is 0 Å². The summed E-state index contributed by atoms with van der Waals surface area (Å²) in [6.07, 6.45) is 0. The van der Waals surface area contributed by atoms with Crippen molar-refractivity contribution in [3.8, 4) is 0 Å². The molecule has 0 saturated carbocycles. The third kappa shape index (κ3) is 2.41. The zero-order valence-corrected chi connectivity index (χ0v) is 9.36. The molecule has 0 atom stereocenters. The molecule has 1 aliphatic heterocycles. The predicted molar refractivity (Wildman–Crippen MR) is 61.6 cm³/mol. The number of hydrogen-bond acceptors (Lipinski definition) is 4. The summed E-state index contributed by atoms with van der Waals surface area (Å²) in [5.41, 5.74) is 0.888. The highest BCUT2D eigenvalue weighted by Gasteiger charge is 2.13. The number of hydrogen-bond donors (Lipinski definition) is 2. The molecule has 1 aliphatic rings. The van der Waals surface area contributed by atoms with E-state index in [-0.39, 0.29) is 5.82 Å². The number of benzene rings is 1. The molecule has 0 radical (unpaired) electrons. The van der Waals surface area contributed by atoms with E-state index in [0.717, 1.165) is 10.6 Å².